The first kappa shape index (κ1) is 20.7. The molecule has 0 atom stereocenters. The van der Waals surface area contributed by atoms with E-state index in [4.69, 9.17) is 0 Å². The highest BCUT2D eigenvalue weighted by atomic mass is 32.2. The Balaban J connectivity index is 2.05. The molecule has 27 heavy (non-hydrogen) atoms. The fourth-order valence-electron chi connectivity index (χ4n) is 1.87. The van der Waals surface area contributed by atoms with Crippen LogP contribution in [-0.2, 0) is 19.6 Å². The molecule has 0 saturated heterocycles. The Kier molecular flexibility index (Phi) is 6.41. The topological polar surface area (TPSA) is 110 Å². The van der Waals surface area contributed by atoms with Crippen LogP contribution in [0.1, 0.15) is 20.0 Å². The zero-order valence-electron chi connectivity index (χ0n) is 14.3. The maximum Gasteiger partial charge on any atom is 0.341 e. The van der Waals surface area contributed by atoms with Gasteiger partial charge in [0.2, 0.25) is 10.0 Å². The van der Waals surface area contributed by atoms with Crippen LogP contribution in [0.2, 0.25) is 0 Å². The van der Waals surface area contributed by atoms with Gasteiger partial charge in [0.1, 0.15) is 5.82 Å². The van der Waals surface area contributed by atoms with Crippen LogP contribution in [0.3, 0.4) is 0 Å². The average Bonchev–Trinajstić information content (AvgIpc) is 3.14. The summed E-state index contributed by atoms with van der Waals surface area (Å²) in [5.41, 5.74) is -0.643. The molecule has 0 spiro atoms. The number of hydrogen-bond donors (Lipinski definition) is 1. The number of nitrogens with one attached hydrogen (secondary N) is 1. The van der Waals surface area contributed by atoms with Crippen LogP contribution >= 0.6 is 11.3 Å². The van der Waals surface area contributed by atoms with Crippen molar-refractivity contribution >= 4 is 39.1 Å². The fraction of sp³-hybridized carbons (Fsp3) is 0.188. The molecule has 1 aromatic heterocycles. The lowest BCUT2D eigenvalue weighted by Gasteiger charge is -2.12. The van der Waals surface area contributed by atoms with Gasteiger partial charge in [-0.1, -0.05) is 6.07 Å². The molecule has 144 valence electrons. The van der Waals surface area contributed by atoms with Crippen LogP contribution in [0, 0.1) is 5.82 Å². The second-order valence-corrected chi connectivity index (χ2v) is 8.46. The Hall–Kier alpha value is -2.63. The number of carbonyl (C=O) groups is 3. The van der Waals surface area contributed by atoms with E-state index >= 15 is 0 Å². The summed E-state index contributed by atoms with van der Waals surface area (Å²) in [6.07, 6.45) is 0. The van der Waals surface area contributed by atoms with Gasteiger partial charge in [0, 0.05) is 14.1 Å². The van der Waals surface area contributed by atoms with Crippen molar-refractivity contribution in [3.8, 4) is 0 Å². The molecule has 1 N–H and O–H groups in total. The Bertz CT molecular complexity index is 971. The number of sulfonamides is 1. The molecular weight excluding hydrogens is 399 g/mol. The maximum atomic E-state index is 13.9. The first-order chi connectivity index (χ1) is 12.6. The molecule has 8 nitrogen and oxygen atoms in total. The highest BCUT2D eigenvalue weighted by Gasteiger charge is 2.23. The number of carbonyl (C=O) groups excluding carboxylic acids is 3. The largest absolute Gasteiger partial charge is 0.452 e. The van der Waals surface area contributed by atoms with Crippen molar-refractivity contribution in [1.82, 2.24) is 9.62 Å². The average molecular weight is 414 g/mol. The van der Waals surface area contributed by atoms with Crippen LogP contribution < -0.4 is 5.32 Å². The zero-order valence-corrected chi connectivity index (χ0v) is 15.9. The first-order valence-electron chi connectivity index (χ1n) is 7.40. The zero-order chi connectivity index (χ0) is 20.2. The number of rotatable bonds is 6. The molecule has 0 saturated carbocycles. The van der Waals surface area contributed by atoms with E-state index in [1.807, 2.05) is 5.32 Å². The number of amides is 2. The van der Waals surface area contributed by atoms with E-state index in [9.17, 15) is 27.2 Å². The maximum absolute atomic E-state index is 13.9. The van der Waals surface area contributed by atoms with Gasteiger partial charge in [-0.25, -0.2) is 21.9 Å². The molecule has 0 fully saturated rings. The second kappa shape index (κ2) is 8.37. The standard InChI is InChI=1S/C16H15FN2O6S2/c1-19(2)27(23,24)10-5-6-12(17)11(8-10)16(22)25-9-14(20)18-15(21)13-4-3-7-26-13/h3-8H,9H2,1-2H3,(H,18,20,21). The van der Waals surface area contributed by atoms with Gasteiger partial charge >= 0.3 is 5.97 Å². The molecule has 1 heterocycles. The van der Waals surface area contributed by atoms with Gasteiger partial charge in [-0.3, -0.25) is 14.9 Å². The lowest BCUT2D eigenvalue weighted by Crippen LogP contribution is -2.33. The summed E-state index contributed by atoms with van der Waals surface area (Å²) in [5.74, 6) is -3.80. The molecule has 0 aliphatic rings. The second-order valence-electron chi connectivity index (χ2n) is 5.36. The SMILES string of the molecule is CN(C)S(=O)(=O)c1ccc(F)c(C(=O)OCC(=O)NC(=O)c2cccs2)c1. The highest BCUT2D eigenvalue weighted by molar-refractivity contribution is 7.89. The van der Waals surface area contributed by atoms with Crippen LogP contribution in [0.4, 0.5) is 4.39 Å². The molecule has 1 aromatic carbocycles. The third-order valence-corrected chi connectivity index (χ3v) is 5.95. The van der Waals surface area contributed by atoms with Gasteiger partial charge in [-0.15, -0.1) is 11.3 Å². The molecule has 0 unspecified atom stereocenters. The van der Waals surface area contributed by atoms with Gasteiger partial charge in [-0.05, 0) is 29.6 Å². The Morgan fingerprint density at radius 1 is 1.22 bits per heavy atom. The predicted molar refractivity (Wildman–Crippen MR) is 94.3 cm³/mol. The Labute approximate surface area is 158 Å². The van der Waals surface area contributed by atoms with E-state index in [1.165, 1.54) is 20.2 Å². The minimum Gasteiger partial charge on any atom is -0.452 e. The lowest BCUT2D eigenvalue weighted by atomic mass is 10.2. The molecule has 11 heteroatoms. The van der Waals surface area contributed by atoms with Crippen LogP contribution in [-0.4, -0.2) is 51.2 Å². The van der Waals surface area contributed by atoms with Crippen molar-refractivity contribution in [3.63, 3.8) is 0 Å². The number of benzene rings is 1. The van der Waals surface area contributed by atoms with E-state index in [2.05, 4.69) is 4.74 Å². The molecule has 0 bridgehead atoms. The summed E-state index contributed by atoms with van der Waals surface area (Å²) in [7, 11) is -1.32. The van der Waals surface area contributed by atoms with Crippen molar-refractivity contribution in [2.45, 2.75) is 4.90 Å². The number of thiophene rings is 1. The molecule has 2 amide bonds. The minimum atomic E-state index is -3.89. The number of halogens is 1. The first-order valence-corrected chi connectivity index (χ1v) is 9.72. The number of hydrogen-bond acceptors (Lipinski definition) is 7. The summed E-state index contributed by atoms with van der Waals surface area (Å²) in [6, 6.07) is 5.77. The Morgan fingerprint density at radius 2 is 1.93 bits per heavy atom. The predicted octanol–water partition coefficient (Wildman–Crippen LogP) is 1.25. The van der Waals surface area contributed by atoms with Crippen LogP contribution in [0.5, 0.6) is 0 Å². The summed E-state index contributed by atoms with van der Waals surface area (Å²) < 4.78 is 43.6. The molecule has 2 aromatic rings. The summed E-state index contributed by atoms with van der Waals surface area (Å²) >= 11 is 1.12. The van der Waals surface area contributed by atoms with E-state index < -0.39 is 45.8 Å². The van der Waals surface area contributed by atoms with Gasteiger partial charge in [0.15, 0.2) is 6.61 Å². The van der Waals surface area contributed by atoms with Gasteiger partial charge in [-0.2, -0.15) is 0 Å². The number of ether oxygens (including phenoxy) is 1. The van der Waals surface area contributed by atoms with Crippen molar-refractivity contribution < 1.29 is 31.9 Å². The van der Waals surface area contributed by atoms with Crippen molar-refractivity contribution in [1.29, 1.82) is 0 Å². The number of esters is 1. The molecule has 2 rings (SSSR count). The Morgan fingerprint density at radius 3 is 2.52 bits per heavy atom. The quantitative estimate of drug-likeness (QED) is 0.713. The highest BCUT2D eigenvalue weighted by Crippen LogP contribution is 2.18. The normalized spacial score (nSPS) is 11.3. The fourth-order valence-corrected chi connectivity index (χ4v) is 3.42. The van der Waals surface area contributed by atoms with Crippen LogP contribution in [0.25, 0.3) is 0 Å². The molecule has 0 radical (unpaired) electrons. The summed E-state index contributed by atoms with van der Waals surface area (Å²) in [5, 5.41) is 3.66. The minimum absolute atomic E-state index is 0.294. The molecular formula is C16H15FN2O6S2. The van der Waals surface area contributed by atoms with Gasteiger partial charge in [0.25, 0.3) is 11.8 Å². The van der Waals surface area contributed by atoms with Gasteiger partial charge < -0.3 is 4.74 Å². The number of nitrogens with zero attached hydrogens (tertiary/aromatic N) is 1. The summed E-state index contributed by atoms with van der Waals surface area (Å²) in [4.78, 5) is 35.4. The van der Waals surface area contributed by atoms with Crippen molar-refractivity contribution in [2.24, 2.45) is 0 Å². The van der Waals surface area contributed by atoms with Crippen molar-refractivity contribution in [3.05, 3.63) is 52.0 Å². The lowest BCUT2D eigenvalue weighted by molar-refractivity contribution is -0.123. The van der Waals surface area contributed by atoms with Gasteiger partial charge in [0.05, 0.1) is 15.3 Å². The third kappa shape index (κ3) is 4.96. The monoisotopic (exact) mass is 414 g/mol. The third-order valence-electron chi connectivity index (χ3n) is 3.27. The van der Waals surface area contributed by atoms with E-state index in [-0.39, 0.29) is 4.90 Å². The summed E-state index contributed by atoms with van der Waals surface area (Å²) in [6.45, 7) is -0.833. The molecule has 0 aliphatic heterocycles. The van der Waals surface area contributed by atoms with Crippen molar-refractivity contribution in [2.75, 3.05) is 20.7 Å². The van der Waals surface area contributed by atoms with E-state index in [1.54, 1.807) is 11.4 Å². The van der Waals surface area contributed by atoms with Crippen LogP contribution in [0.15, 0.2) is 40.6 Å². The number of imide groups is 1. The van der Waals surface area contributed by atoms with E-state index in [0.717, 1.165) is 33.8 Å². The van der Waals surface area contributed by atoms with E-state index in [0.29, 0.717) is 4.88 Å². The smallest absolute Gasteiger partial charge is 0.341 e. The molecule has 0 aliphatic carbocycles.